The Labute approximate surface area is 175 Å². The fraction of sp³-hybridized carbons (Fsp3) is 0.333. The minimum absolute atomic E-state index is 0.0285. The van der Waals surface area contributed by atoms with E-state index in [-0.39, 0.29) is 18.6 Å². The van der Waals surface area contributed by atoms with Gasteiger partial charge in [-0.3, -0.25) is 9.69 Å². The Hall–Kier alpha value is -2.96. The van der Waals surface area contributed by atoms with Crippen molar-refractivity contribution >= 4 is 11.6 Å². The molecule has 1 aromatic heterocycles. The van der Waals surface area contributed by atoms with Gasteiger partial charge >= 0.3 is 0 Å². The third-order valence-electron chi connectivity index (χ3n) is 6.52. The van der Waals surface area contributed by atoms with Gasteiger partial charge in [-0.05, 0) is 49.9 Å². The minimum Gasteiger partial charge on any atom is -0.395 e. The number of rotatable bonds is 4. The Morgan fingerprint density at radius 2 is 2.03 bits per heavy atom. The summed E-state index contributed by atoms with van der Waals surface area (Å²) in [7, 11) is 0. The van der Waals surface area contributed by atoms with Crippen LogP contribution in [0.3, 0.4) is 0 Å². The van der Waals surface area contributed by atoms with Crippen LogP contribution in [-0.2, 0) is 10.3 Å². The number of carbonyl (C=O) groups is 1. The lowest BCUT2D eigenvalue weighted by Crippen LogP contribution is -2.54. The number of anilines is 1. The molecule has 2 atom stereocenters. The van der Waals surface area contributed by atoms with E-state index in [0.29, 0.717) is 0 Å². The van der Waals surface area contributed by atoms with E-state index >= 15 is 0 Å². The van der Waals surface area contributed by atoms with E-state index in [1.54, 1.807) is 0 Å². The fourth-order valence-corrected chi connectivity index (χ4v) is 5.22. The molecule has 0 bridgehead atoms. The van der Waals surface area contributed by atoms with Gasteiger partial charge in [0.1, 0.15) is 5.76 Å². The van der Waals surface area contributed by atoms with Crippen LogP contribution in [0.15, 0.2) is 53.1 Å². The van der Waals surface area contributed by atoms with Crippen molar-refractivity contribution in [1.82, 2.24) is 10.1 Å². The summed E-state index contributed by atoms with van der Waals surface area (Å²) < 4.78 is 5.39. The molecule has 6 heteroatoms. The molecular weight excluding hydrogens is 378 g/mol. The molecule has 2 unspecified atom stereocenters. The van der Waals surface area contributed by atoms with Crippen molar-refractivity contribution in [3.05, 3.63) is 71.1 Å². The monoisotopic (exact) mass is 403 g/mol. The summed E-state index contributed by atoms with van der Waals surface area (Å²) in [6, 6.07) is 15.9. The standard InChI is InChI=1S/C24H25N3O3/c1-15-22(16(2)30-26-15)17-10-11-21-20(13-17)24(23(29)25-21,18-7-4-3-5-8-18)27-12-6-9-19(27)14-28/h3-5,7-8,10-11,13,19,28H,6,9,12,14H2,1-2H3,(H,25,29). The van der Waals surface area contributed by atoms with Gasteiger partial charge in [0.25, 0.3) is 5.91 Å². The normalized spacial score (nSPS) is 23.6. The van der Waals surface area contributed by atoms with Gasteiger partial charge in [-0.25, -0.2) is 0 Å². The van der Waals surface area contributed by atoms with Crippen LogP contribution < -0.4 is 5.32 Å². The Morgan fingerprint density at radius 3 is 2.73 bits per heavy atom. The van der Waals surface area contributed by atoms with Crippen molar-refractivity contribution in [3.63, 3.8) is 0 Å². The van der Waals surface area contributed by atoms with Crippen molar-refractivity contribution in [2.24, 2.45) is 0 Å². The number of hydrogen-bond acceptors (Lipinski definition) is 5. The zero-order valence-electron chi connectivity index (χ0n) is 17.2. The van der Waals surface area contributed by atoms with Gasteiger partial charge in [0.05, 0.1) is 12.3 Å². The molecule has 3 aromatic rings. The Balaban J connectivity index is 1.77. The SMILES string of the molecule is Cc1noc(C)c1-c1ccc2c(c1)C(c1ccccc1)(N1CCCC1CO)C(=O)N2. The number of likely N-dealkylation sites (tertiary alicyclic amines) is 1. The number of aliphatic hydroxyl groups excluding tert-OH is 1. The highest BCUT2D eigenvalue weighted by molar-refractivity contribution is 6.09. The summed E-state index contributed by atoms with van der Waals surface area (Å²) in [5, 5.41) is 17.3. The van der Waals surface area contributed by atoms with Gasteiger partial charge in [-0.1, -0.05) is 41.6 Å². The second-order valence-corrected chi connectivity index (χ2v) is 8.16. The van der Waals surface area contributed by atoms with Crippen LogP contribution >= 0.6 is 0 Å². The molecule has 1 fully saturated rings. The number of aliphatic hydroxyl groups is 1. The second-order valence-electron chi connectivity index (χ2n) is 8.16. The van der Waals surface area contributed by atoms with E-state index in [1.165, 1.54) is 0 Å². The lowest BCUT2D eigenvalue weighted by Gasteiger charge is -2.41. The molecule has 0 saturated carbocycles. The molecule has 2 aliphatic heterocycles. The predicted molar refractivity (Wildman–Crippen MR) is 114 cm³/mol. The van der Waals surface area contributed by atoms with Gasteiger partial charge in [-0.15, -0.1) is 0 Å². The minimum atomic E-state index is -0.977. The molecule has 30 heavy (non-hydrogen) atoms. The summed E-state index contributed by atoms with van der Waals surface area (Å²) in [6.07, 6.45) is 1.82. The zero-order chi connectivity index (χ0) is 20.9. The largest absolute Gasteiger partial charge is 0.395 e. The highest BCUT2D eigenvalue weighted by atomic mass is 16.5. The maximum absolute atomic E-state index is 13.7. The molecule has 2 N–H and O–H groups in total. The van der Waals surface area contributed by atoms with Gasteiger partial charge in [0, 0.05) is 29.4 Å². The molecule has 0 radical (unpaired) electrons. The number of aromatic nitrogens is 1. The van der Waals surface area contributed by atoms with Crippen LogP contribution in [0.1, 0.15) is 35.4 Å². The number of amides is 1. The predicted octanol–water partition coefficient (Wildman–Crippen LogP) is 3.61. The van der Waals surface area contributed by atoms with Crippen molar-refractivity contribution in [2.45, 2.75) is 38.3 Å². The number of aryl methyl sites for hydroxylation is 2. The average Bonchev–Trinajstić information content (AvgIpc) is 3.44. The summed E-state index contributed by atoms with van der Waals surface area (Å²) in [4.78, 5) is 15.8. The molecular formula is C24H25N3O3. The first-order valence-corrected chi connectivity index (χ1v) is 10.4. The first-order valence-electron chi connectivity index (χ1n) is 10.4. The van der Waals surface area contributed by atoms with Crippen LogP contribution in [0.25, 0.3) is 11.1 Å². The van der Waals surface area contributed by atoms with E-state index in [9.17, 15) is 9.90 Å². The smallest absolute Gasteiger partial charge is 0.254 e. The summed E-state index contributed by atoms with van der Waals surface area (Å²) >= 11 is 0. The fourth-order valence-electron chi connectivity index (χ4n) is 5.22. The van der Waals surface area contributed by atoms with Crippen LogP contribution in [0.5, 0.6) is 0 Å². The number of nitrogens with one attached hydrogen (secondary N) is 1. The Kier molecular flexibility index (Phi) is 4.49. The van der Waals surface area contributed by atoms with Crippen molar-refractivity contribution in [1.29, 1.82) is 0 Å². The molecule has 2 aromatic carbocycles. The molecule has 2 aliphatic rings. The number of fused-ring (bicyclic) bond motifs is 1. The molecule has 3 heterocycles. The van der Waals surface area contributed by atoms with E-state index < -0.39 is 5.54 Å². The molecule has 6 nitrogen and oxygen atoms in total. The van der Waals surface area contributed by atoms with Crippen LogP contribution in [0, 0.1) is 13.8 Å². The maximum atomic E-state index is 13.7. The first kappa shape index (κ1) is 19.0. The van der Waals surface area contributed by atoms with Crippen molar-refractivity contribution in [3.8, 4) is 11.1 Å². The lowest BCUT2D eigenvalue weighted by molar-refractivity contribution is -0.126. The summed E-state index contributed by atoms with van der Waals surface area (Å²) in [6.45, 7) is 4.61. The van der Waals surface area contributed by atoms with Crippen LogP contribution in [-0.4, -0.2) is 40.3 Å². The number of benzene rings is 2. The van der Waals surface area contributed by atoms with Crippen LogP contribution in [0.2, 0.25) is 0 Å². The zero-order valence-corrected chi connectivity index (χ0v) is 17.2. The molecule has 1 amide bonds. The average molecular weight is 403 g/mol. The van der Waals surface area contributed by atoms with E-state index in [0.717, 1.165) is 58.8 Å². The van der Waals surface area contributed by atoms with E-state index in [1.807, 2.05) is 56.3 Å². The molecule has 0 spiro atoms. The van der Waals surface area contributed by atoms with Crippen molar-refractivity contribution < 1.29 is 14.4 Å². The first-order chi connectivity index (χ1) is 14.6. The van der Waals surface area contributed by atoms with Crippen LogP contribution in [0.4, 0.5) is 5.69 Å². The van der Waals surface area contributed by atoms with E-state index in [4.69, 9.17) is 4.52 Å². The Bertz CT molecular complexity index is 1090. The van der Waals surface area contributed by atoms with Gasteiger partial charge in [-0.2, -0.15) is 0 Å². The third-order valence-corrected chi connectivity index (χ3v) is 6.52. The molecule has 154 valence electrons. The summed E-state index contributed by atoms with van der Waals surface area (Å²) in [5.74, 6) is 0.685. The third kappa shape index (κ3) is 2.57. The second kappa shape index (κ2) is 7.07. The topological polar surface area (TPSA) is 78.6 Å². The van der Waals surface area contributed by atoms with Gasteiger partial charge < -0.3 is 14.9 Å². The molecule has 1 saturated heterocycles. The highest BCUT2D eigenvalue weighted by Gasteiger charge is 2.55. The molecule has 5 rings (SSSR count). The maximum Gasteiger partial charge on any atom is 0.254 e. The molecule has 0 aliphatic carbocycles. The number of nitrogens with zero attached hydrogens (tertiary/aromatic N) is 2. The van der Waals surface area contributed by atoms with Gasteiger partial charge in [0.2, 0.25) is 0 Å². The van der Waals surface area contributed by atoms with E-state index in [2.05, 4.69) is 21.4 Å². The summed E-state index contributed by atoms with van der Waals surface area (Å²) in [5.41, 5.74) is 4.41. The number of hydrogen-bond donors (Lipinski definition) is 2. The highest BCUT2D eigenvalue weighted by Crippen LogP contribution is 2.49. The Morgan fingerprint density at radius 1 is 1.23 bits per heavy atom. The van der Waals surface area contributed by atoms with Crippen molar-refractivity contribution in [2.75, 3.05) is 18.5 Å². The number of carbonyl (C=O) groups excluding carboxylic acids is 1. The van der Waals surface area contributed by atoms with Gasteiger partial charge in [0.15, 0.2) is 5.54 Å². The quantitative estimate of drug-likeness (QED) is 0.696. The lowest BCUT2D eigenvalue weighted by atomic mass is 9.80.